The average molecular weight is 416 g/mol. The van der Waals surface area contributed by atoms with Gasteiger partial charge >= 0.3 is 5.97 Å². The Morgan fingerprint density at radius 1 is 1.07 bits per heavy atom. The summed E-state index contributed by atoms with van der Waals surface area (Å²) in [4.78, 5) is 23.2. The minimum atomic E-state index is -1.06. The predicted octanol–water partition coefficient (Wildman–Crippen LogP) is 5.91. The molecule has 0 unspecified atom stereocenters. The van der Waals surface area contributed by atoms with Crippen molar-refractivity contribution >= 4 is 46.8 Å². The molecule has 0 saturated carbocycles. The van der Waals surface area contributed by atoms with Crippen LogP contribution in [0.25, 0.3) is 17.4 Å². The standard InChI is InChI=1S/C21H15Cl2NO4/c1-12-2-3-13(21(26)27)10-18(12)24-20(25)9-6-15-5-8-19(28-15)16-7-4-14(22)11-17(16)23/h2-11H,1H3,(H,24,25)(H,26,27)/b9-6+. The molecule has 28 heavy (non-hydrogen) atoms. The zero-order valence-electron chi connectivity index (χ0n) is 14.7. The first-order valence-electron chi connectivity index (χ1n) is 8.22. The zero-order valence-corrected chi connectivity index (χ0v) is 16.2. The molecule has 3 aromatic rings. The Labute approximate surface area is 171 Å². The first-order chi connectivity index (χ1) is 13.3. The van der Waals surface area contributed by atoms with E-state index >= 15 is 0 Å². The lowest BCUT2D eigenvalue weighted by atomic mass is 10.1. The van der Waals surface area contributed by atoms with Crippen LogP contribution in [-0.2, 0) is 4.79 Å². The molecule has 0 radical (unpaired) electrons. The van der Waals surface area contributed by atoms with E-state index in [0.29, 0.717) is 32.8 Å². The number of aryl methyl sites for hydroxylation is 1. The van der Waals surface area contributed by atoms with Crippen molar-refractivity contribution in [2.75, 3.05) is 5.32 Å². The molecule has 7 heteroatoms. The molecule has 0 fully saturated rings. The first kappa shape index (κ1) is 19.7. The lowest BCUT2D eigenvalue weighted by Gasteiger charge is -2.07. The fraction of sp³-hybridized carbons (Fsp3) is 0.0476. The van der Waals surface area contributed by atoms with Crippen molar-refractivity contribution in [3.8, 4) is 11.3 Å². The predicted molar refractivity (Wildman–Crippen MR) is 110 cm³/mol. The SMILES string of the molecule is Cc1ccc(C(=O)O)cc1NC(=O)/C=C/c1ccc(-c2ccc(Cl)cc2Cl)o1. The van der Waals surface area contributed by atoms with Gasteiger partial charge in [-0.05, 0) is 61.0 Å². The van der Waals surface area contributed by atoms with Gasteiger partial charge in [-0.15, -0.1) is 0 Å². The summed E-state index contributed by atoms with van der Waals surface area (Å²) in [5.74, 6) is -0.456. The number of nitrogens with one attached hydrogen (secondary N) is 1. The maximum atomic E-state index is 12.2. The van der Waals surface area contributed by atoms with Crippen molar-refractivity contribution in [2.24, 2.45) is 0 Å². The minimum Gasteiger partial charge on any atom is -0.478 e. The van der Waals surface area contributed by atoms with Crippen LogP contribution in [0.1, 0.15) is 21.7 Å². The van der Waals surface area contributed by atoms with Gasteiger partial charge in [0.05, 0.1) is 10.6 Å². The Kier molecular flexibility index (Phi) is 5.87. The van der Waals surface area contributed by atoms with Gasteiger partial charge in [0.2, 0.25) is 5.91 Å². The third-order valence-electron chi connectivity index (χ3n) is 3.96. The molecule has 2 N–H and O–H groups in total. The number of carboxylic acid groups (broad SMARTS) is 1. The number of carbonyl (C=O) groups excluding carboxylic acids is 1. The molecule has 5 nitrogen and oxygen atoms in total. The molecule has 1 aromatic heterocycles. The van der Waals surface area contributed by atoms with Crippen LogP contribution in [-0.4, -0.2) is 17.0 Å². The van der Waals surface area contributed by atoms with E-state index in [4.69, 9.17) is 32.7 Å². The Bertz CT molecular complexity index is 1090. The van der Waals surface area contributed by atoms with Crippen LogP contribution in [0, 0.1) is 6.92 Å². The van der Waals surface area contributed by atoms with Crippen LogP contribution in [0.5, 0.6) is 0 Å². The summed E-state index contributed by atoms with van der Waals surface area (Å²) >= 11 is 12.1. The molecule has 0 aliphatic carbocycles. The number of anilines is 1. The number of benzene rings is 2. The summed E-state index contributed by atoms with van der Waals surface area (Å²) < 4.78 is 5.69. The van der Waals surface area contributed by atoms with Crippen LogP contribution in [0.3, 0.4) is 0 Å². The van der Waals surface area contributed by atoms with Gasteiger partial charge in [-0.25, -0.2) is 4.79 Å². The van der Waals surface area contributed by atoms with Crippen LogP contribution >= 0.6 is 23.2 Å². The molecular formula is C21H15Cl2NO4. The lowest BCUT2D eigenvalue weighted by Crippen LogP contribution is -2.10. The Hall–Kier alpha value is -3.02. The highest BCUT2D eigenvalue weighted by atomic mass is 35.5. The second-order valence-corrected chi connectivity index (χ2v) is 6.83. The van der Waals surface area contributed by atoms with Crippen LogP contribution in [0.15, 0.2) is 59.0 Å². The summed E-state index contributed by atoms with van der Waals surface area (Å²) in [7, 11) is 0. The van der Waals surface area contributed by atoms with E-state index in [1.54, 1.807) is 43.3 Å². The number of furan rings is 1. The van der Waals surface area contributed by atoms with E-state index < -0.39 is 11.9 Å². The van der Waals surface area contributed by atoms with Crippen LogP contribution < -0.4 is 5.32 Å². The number of carbonyl (C=O) groups is 2. The fourth-order valence-corrected chi connectivity index (χ4v) is 3.00. The monoisotopic (exact) mass is 415 g/mol. The fourth-order valence-electron chi connectivity index (χ4n) is 2.50. The van der Waals surface area contributed by atoms with E-state index in [9.17, 15) is 9.59 Å². The van der Waals surface area contributed by atoms with Crippen molar-refractivity contribution in [3.05, 3.63) is 81.5 Å². The van der Waals surface area contributed by atoms with Gasteiger partial charge in [0.15, 0.2) is 0 Å². The molecule has 3 rings (SSSR count). The number of halogens is 2. The molecule has 142 valence electrons. The van der Waals surface area contributed by atoms with E-state index in [1.807, 2.05) is 0 Å². The Balaban J connectivity index is 1.72. The number of hydrogen-bond donors (Lipinski definition) is 2. The van der Waals surface area contributed by atoms with E-state index in [2.05, 4.69) is 5.32 Å². The van der Waals surface area contributed by atoms with Gasteiger partial charge in [-0.3, -0.25) is 4.79 Å². The summed E-state index contributed by atoms with van der Waals surface area (Å²) in [6, 6.07) is 13.1. The highest BCUT2D eigenvalue weighted by Crippen LogP contribution is 2.31. The first-order valence-corrected chi connectivity index (χ1v) is 8.97. The van der Waals surface area contributed by atoms with E-state index in [-0.39, 0.29) is 5.56 Å². The lowest BCUT2D eigenvalue weighted by molar-refractivity contribution is -0.111. The summed E-state index contributed by atoms with van der Waals surface area (Å²) in [6.07, 6.45) is 2.82. The third-order valence-corrected chi connectivity index (χ3v) is 4.51. The van der Waals surface area contributed by atoms with Gasteiger partial charge < -0.3 is 14.8 Å². The van der Waals surface area contributed by atoms with Gasteiger partial charge in [-0.2, -0.15) is 0 Å². The third kappa shape index (κ3) is 4.63. The van der Waals surface area contributed by atoms with E-state index in [0.717, 1.165) is 5.56 Å². The van der Waals surface area contributed by atoms with Crippen molar-refractivity contribution in [1.82, 2.24) is 0 Å². The highest BCUT2D eigenvalue weighted by Gasteiger charge is 2.10. The number of rotatable bonds is 5. The molecule has 2 aromatic carbocycles. The normalized spacial score (nSPS) is 11.0. The smallest absolute Gasteiger partial charge is 0.335 e. The van der Waals surface area contributed by atoms with Gasteiger partial charge in [-0.1, -0.05) is 29.3 Å². The molecule has 1 amide bonds. The van der Waals surface area contributed by atoms with Crippen molar-refractivity contribution in [1.29, 1.82) is 0 Å². The van der Waals surface area contributed by atoms with Gasteiger partial charge in [0, 0.05) is 22.3 Å². The molecule has 0 aliphatic rings. The Morgan fingerprint density at radius 3 is 2.57 bits per heavy atom. The molecule has 0 aliphatic heterocycles. The number of carboxylic acids is 1. The molecule has 0 saturated heterocycles. The topological polar surface area (TPSA) is 79.5 Å². The van der Waals surface area contributed by atoms with E-state index in [1.165, 1.54) is 24.3 Å². The van der Waals surface area contributed by atoms with Crippen LogP contribution in [0.2, 0.25) is 10.0 Å². The Morgan fingerprint density at radius 2 is 1.86 bits per heavy atom. The minimum absolute atomic E-state index is 0.0976. The van der Waals surface area contributed by atoms with Crippen molar-refractivity contribution in [2.45, 2.75) is 6.92 Å². The zero-order chi connectivity index (χ0) is 20.3. The summed E-state index contributed by atoms with van der Waals surface area (Å²) in [5, 5.41) is 12.7. The molecule has 1 heterocycles. The second-order valence-electron chi connectivity index (χ2n) is 5.98. The largest absolute Gasteiger partial charge is 0.478 e. The van der Waals surface area contributed by atoms with Crippen molar-refractivity contribution in [3.63, 3.8) is 0 Å². The molecular weight excluding hydrogens is 401 g/mol. The summed E-state index contributed by atoms with van der Waals surface area (Å²) in [6.45, 7) is 1.78. The van der Waals surface area contributed by atoms with Gasteiger partial charge in [0.25, 0.3) is 0 Å². The van der Waals surface area contributed by atoms with Crippen LogP contribution in [0.4, 0.5) is 5.69 Å². The van der Waals surface area contributed by atoms with Crippen molar-refractivity contribution < 1.29 is 19.1 Å². The maximum Gasteiger partial charge on any atom is 0.335 e. The number of hydrogen-bond acceptors (Lipinski definition) is 3. The molecule has 0 atom stereocenters. The summed E-state index contributed by atoms with van der Waals surface area (Å²) in [5.41, 5.74) is 1.98. The quantitative estimate of drug-likeness (QED) is 0.507. The average Bonchev–Trinajstić information content (AvgIpc) is 3.10. The maximum absolute atomic E-state index is 12.2. The number of amides is 1. The van der Waals surface area contributed by atoms with Gasteiger partial charge in [0.1, 0.15) is 11.5 Å². The number of aromatic carboxylic acids is 1. The molecule has 0 spiro atoms. The second kappa shape index (κ2) is 8.33. The highest BCUT2D eigenvalue weighted by molar-refractivity contribution is 6.36. The molecule has 0 bridgehead atoms.